The number of sulfone groups is 1. The Morgan fingerprint density at radius 2 is 1.76 bits per heavy atom. The summed E-state index contributed by atoms with van der Waals surface area (Å²) in [6, 6.07) is 16.6. The molecule has 4 aromatic rings. The number of para-hydroxylation sites is 1. The van der Waals surface area contributed by atoms with Gasteiger partial charge >= 0.3 is 0 Å². The fourth-order valence-electron chi connectivity index (χ4n) is 2.96. The fourth-order valence-corrected chi connectivity index (χ4v) is 4.11. The number of benzene rings is 2. The molecule has 0 bridgehead atoms. The molecule has 0 aliphatic heterocycles. The van der Waals surface area contributed by atoms with Crippen LogP contribution < -0.4 is 5.32 Å². The predicted octanol–water partition coefficient (Wildman–Crippen LogP) is 4.63. The van der Waals surface area contributed by atoms with Crippen LogP contribution in [-0.2, 0) is 15.6 Å². The number of hydrogen-bond donors (Lipinski definition) is 1. The highest BCUT2D eigenvalue weighted by Gasteiger charge is 2.12. The van der Waals surface area contributed by atoms with E-state index in [4.69, 9.17) is 11.6 Å². The van der Waals surface area contributed by atoms with Gasteiger partial charge in [0.05, 0.1) is 11.3 Å². The highest BCUT2D eigenvalue weighted by Crippen LogP contribution is 2.29. The van der Waals surface area contributed by atoms with Crippen LogP contribution in [0.1, 0.15) is 5.56 Å². The molecular formula is C21H17ClN4O2S. The first-order valence-electron chi connectivity index (χ1n) is 8.79. The van der Waals surface area contributed by atoms with Gasteiger partial charge in [-0.2, -0.15) is 0 Å². The molecule has 0 saturated heterocycles. The first kappa shape index (κ1) is 19.3. The van der Waals surface area contributed by atoms with Crippen LogP contribution in [0.4, 0.5) is 11.5 Å². The topological polar surface area (TPSA) is 84.8 Å². The van der Waals surface area contributed by atoms with Crippen LogP contribution in [-0.4, -0.2) is 29.6 Å². The average Bonchev–Trinajstić information content (AvgIpc) is 2.70. The standard InChI is InChI=1S/C21H17ClN4O2S/c1-29(27,28)13-15-6-7-16(12-18(15)22)24-21-17-4-2-3-5-19(17)25-20(26-21)14-8-10-23-11-9-14/h2-12H,13H2,1H3,(H,24,25,26). The summed E-state index contributed by atoms with van der Waals surface area (Å²) in [6.45, 7) is 0. The van der Waals surface area contributed by atoms with E-state index in [9.17, 15) is 8.42 Å². The normalized spacial score (nSPS) is 11.5. The predicted molar refractivity (Wildman–Crippen MR) is 116 cm³/mol. The third kappa shape index (κ3) is 4.52. The van der Waals surface area contributed by atoms with Gasteiger partial charge in [-0.1, -0.05) is 29.8 Å². The Hall–Kier alpha value is -3.03. The molecule has 2 heterocycles. The van der Waals surface area contributed by atoms with Gasteiger partial charge in [0, 0.05) is 40.3 Å². The van der Waals surface area contributed by atoms with Crippen molar-refractivity contribution in [1.29, 1.82) is 0 Å². The number of pyridine rings is 1. The SMILES string of the molecule is CS(=O)(=O)Cc1ccc(Nc2nc(-c3ccncc3)nc3ccccc23)cc1Cl. The van der Waals surface area contributed by atoms with E-state index in [0.717, 1.165) is 16.5 Å². The monoisotopic (exact) mass is 424 g/mol. The zero-order valence-electron chi connectivity index (χ0n) is 15.5. The van der Waals surface area contributed by atoms with Crippen molar-refractivity contribution in [3.05, 3.63) is 77.6 Å². The number of nitrogens with one attached hydrogen (secondary N) is 1. The Morgan fingerprint density at radius 3 is 2.48 bits per heavy atom. The van der Waals surface area contributed by atoms with Gasteiger partial charge in [-0.3, -0.25) is 4.98 Å². The molecule has 0 saturated carbocycles. The van der Waals surface area contributed by atoms with Gasteiger partial charge in [-0.05, 0) is 42.0 Å². The summed E-state index contributed by atoms with van der Waals surface area (Å²) >= 11 is 6.30. The quantitative estimate of drug-likeness (QED) is 0.502. The minimum absolute atomic E-state index is 0.102. The van der Waals surface area contributed by atoms with Gasteiger partial charge in [-0.25, -0.2) is 18.4 Å². The molecule has 0 spiro atoms. The molecule has 2 aromatic carbocycles. The molecule has 4 rings (SSSR count). The van der Waals surface area contributed by atoms with E-state index < -0.39 is 9.84 Å². The number of halogens is 1. The number of nitrogens with zero attached hydrogens (tertiary/aromatic N) is 3. The summed E-state index contributed by atoms with van der Waals surface area (Å²) in [5.74, 6) is 1.11. The maximum Gasteiger partial charge on any atom is 0.162 e. The van der Waals surface area contributed by atoms with Gasteiger partial charge < -0.3 is 5.32 Å². The van der Waals surface area contributed by atoms with E-state index >= 15 is 0 Å². The first-order chi connectivity index (χ1) is 13.9. The van der Waals surface area contributed by atoms with E-state index in [0.29, 0.717) is 27.9 Å². The van der Waals surface area contributed by atoms with Crippen molar-refractivity contribution in [2.75, 3.05) is 11.6 Å². The fraction of sp³-hybridized carbons (Fsp3) is 0.0952. The molecule has 6 nitrogen and oxygen atoms in total. The summed E-state index contributed by atoms with van der Waals surface area (Å²) in [7, 11) is -3.17. The minimum atomic E-state index is -3.17. The summed E-state index contributed by atoms with van der Waals surface area (Å²) in [4.78, 5) is 13.4. The van der Waals surface area contributed by atoms with Crippen LogP contribution in [0.3, 0.4) is 0 Å². The number of fused-ring (bicyclic) bond motifs is 1. The first-order valence-corrected chi connectivity index (χ1v) is 11.2. The molecule has 0 atom stereocenters. The highest BCUT2D eigenvalue weighted by molar-refractivity contribution is 7.89. The van der Waals surface area contributed by atoms with Crippen molar-refractivity contribution in [3.63, 3.8) is 0 Å². The van der Waals surface area contributed by atoms with Crippen molar-refractivity contribution < 1.29 is 8.42 Å². The van der Waals surface area contributed by atoms with Crippen molar-refractivity contribution >= 4 is 43.8 Å². The Bertz CT molecular complexity index is 1290. The summed E-state index contributed by atoms with van der Waals surface area (Å²) in [5.41, 5.74) is 2.92. The molecule has 146 valence electrons. The molecule has 0 unspecified atom stereocenters. The van der Waals surface area contributed by atoms with Gasteiger partial charge in [0.25, 0.3) is 0 Å². The molecule has 0 fully saturated rings. The smallest absolute Gasteiger partial charge is 0.162 e. The molecule has 0 radical (unpaired) electrons. The van der Waals surface area contributed by atoms with Crippen LogP contribution in [0.15, 0.2) is 67.0 Å². The minimum Gasteiger partial charge on any atom is -0.340 e. The number of aromatic nitrogens is 3. The van der Waals surface area contributed by atoms with Crippen molar-refractivity contribution in [3.8, 4) is 11.4 Å². The molecule has 1 N–H and O–H groups in total. The summed E-state index contributed by atoms with van der Waals surface area (Å²) in [5, 5.41) is 4.53. The summed E-state index contributed by atoms with van der Waals surface area (Å²) in [6.07, 6.45) is 4.58. The molecular weight excluding hydrogens is 408 g/mol. The van der Waals surface area contributed by atoms with E-state index in [1.54, 1.807) is 30.6 Å². The Morgan fingerprint density at radius 1 is 1.00 bits per heavy atom. The second-order valence-corrected chi connectivity index (χ2v) is 9.20. The van der Waals surface area contributed by atoms with Gasteiger partial charge in [0.1, 0.15) is 5.82 Å². The largest absolute Gasteiger partial charge is 0.340 e. The van der Waals surface area contributed by atoms with Gasteiger partial charge in [0.2, 0.25) is 0 Å². The molecule has 0 aliphatic carbocycles. The van der Waals surface area contributed by atoms with E-state index in [1.807, 2.05) is 36.4 Å². The third-order valence-electron chi connectivity index (χ3n) is 4.28. The van der Waals surface area contributed by atoms with E-state index in [-0.39, 0.29) is 5.75 Å². The Labute approximate surface area is 173 Å². The molecule has 29 heavy (non-hydrogen) atoms. The zero-order chi connectivity index (χ0) is 20.4. The second-order valence-electron chi connectivity index (χ2n) is 6.65. The zero-order valence-corrected chi connectivity index (χ0v) is 17.1. The number of anilines is 2. The maximum absolute atomic E-state index is 11.6. The highest BCUT2D eigenvalue weighted by atomic mass is 35.5. The van der Waals surface area contributed by atoms with Crippen molar-refractivity contribution in [2.45, 2.75) is 5.75 Å². The molecule has 2 aromatic heterocycles. The molecule has 0 aliphatic rings. The van der Waals surface area contributed by atoms with Crippen molar-refractivity contribution in [2.24, 2.45) is 0 Å². The van der Waals surface area contributed by atoms with Crippen LogP contribution in [0.25, 0.3) is 22.3 Å². The van der Waals surface area contributed by atoms with Crippen molar-refractivity contribution in [1.82, 2.24) is 15.0 Å². The third-order valence-corrected chi connectivity index (χ3v) is 5.46. The Kier molecular flexibility index (Phi) is 5.17. The maximum atomic E-state index is 11.6. The lowest BCUT2D eigenvalue weighted by Gasteiger charge is -2.12. The van der Waals surface area contributed by atoms with Crippen LogP contribution in [0.5, 0.6) is 0 Å². The van der Waals surface area contributed by atoms with Gasteiger partial charge in [0.15, 0.2) is 15.7 Å². The van der Waals surface area contributed by atoms with E-state index in [1.165, 1.54) is 6.26 Å². The van der Waals surface area contributed by atoms with Crippen LogP contribution in [0, 0.1) is 0 Å². The summed E-state index contributed by atoms with van der Waals surface area (Å²) < 4.78 is 23.1. The second kappa shape index (κ2) is 7.77. The lowest BCUT2D eigenvalue weighted by Crippen LogP contribution is -2.02. The van der Waals surface area contributed by atoms with Crippen LogP contribution >= 0.6 is 11.6 Å². The Balaban J connectivity index is 1.75. The lowest BCUT2D eigenvalue weighted by molar-refractivity contribution is 0.601. The van der Waals surface area contributed by atoms with Gasteiger partial charge in [-0.15, -0.1) is 0 Å². The lowest BCUT2D eigenvalue weighted by atomic mass is 10.2. The van der Waals surface area contributed by atoms with Crippen LogP contribution in [0.2, 0.25) is 5.02 Å². The number of hydrogen-bond acceptors (Lipinski definition) is 6. The number of rotatable bonds is 5. The average molecular weight is 425 g/mol. The molecule has 0 amide bonds. The molecule has 8 heteroatoms. The van der Waals surface area contributed by atoms with E-state index in [2.05, 4.69) is 20.3 Å².